The maximum Gasteiger partial charge on any atom is 0.0731 e. The zero-order chi connectivity index (χ0) is 12.3. The Balaban J connectivity index is 2.17. The molecule has 0 saturated carbocycles. The molecule has 1 fully saturated rings. The normalized spacial score (nSPS) is 19.2. The van der Waals surface area contributed by atoms with Crippen molar-refractivity contribution in [2.24, 2.45) is 0 Å². The molecule has 1 aromatic heterocycles. The molecule has 0 aliphatic carbocycles. The first-order valence-electron chi connectivity index (χ1n) is 6.04. The van der Waals surface area contributed by atoms with Crippen molar-refractivity contribution in [1.29, 1.82) is 0 Å². The van der Waals surface area contributed by atoms with Crippen LogP contribution in [-0.4, -0.2) is 31.1 Å². The maximum absolute atomic E-state index is 3.90. The third-order valence-corrected chi connectivity index (χ3v) is 5.42. The van der Waals surface area contributed by atoms with Gasteiger partial charge in [0.05, 0.1) is 3.79 Å². The van der Waals surface area contributed by atoms with Crippen molar-refractivity contribution in [2.75, 3.05) is 26.2 Å². The molecule has 0 radical (unpaired) electrons. The molecule has 1 atom stereocenters. The van der Waals surface area contributed by atoms with Crippen LogP contribution in [0.2, 0.25) is 0 Å². The zero-order valence-corrected chi connectivity index (χ0v) is 12.6. The van der Waals surface area contributed by atoms with E-state index in [0.717, 1.165) is 32.6 Å². The Bertz CT molecular complexity index is 363. The van der Waals surface area contributed by atoms with Gasteiger partial charge in [-0.15, -0.1) is 17.9 Å². The lowest BCUT2D eigenvalue weighted by Gasteiger charge is -2.34. The molecule has 2 rings (SSSR count). The fourth-order valence-corrected chi connectivity index (χ4v) is 3.96. The fourth-order valence-electron chi connectivity index (χ4n) is 2.24. The number of aryl methyl sites for hydroxylation is 1. The number of nitrogens with one attached hydrogen (secondary N) is 1. The van der Waals surface area contributed by atoms with Crippen LogP contribution in [0.3, 0.4) is 0 Å². The number of piperazine rings is 1. The molecular weight excluding hydrogens is 296 g/mol. The van der Waals surface area contributed by atoms with Crippen molar-refractivity contribution < 1.29 is 0 Å². The van der Waals surface area contributed by atoms with Crippen LogP contribution in [-0.2, 0) is 0 Å². The van der Waals surface area contributed by atoms with Gasteiger partial charge in [0.1, 0.15) is 0 Å². The van der Waals surface area contributed by atoms with E-state index < -0.39 is 0 Å². The van der Waals surface area contributed by atoms with Crippen molar-refractivity contribution in [3.63, 3.8) is 0 Å². The van der Waals surface area contributed by atoms with E-state index in [1.807, 2.05) is 17.4 Å². The minimum Gasteiger partial charge on any atom is -0.314 e. The Morgan fingerprint density at radius 3 is 2.82 bits per heavy atom. The molecule has 2 heterocycles. The van der Waals surface area contributed by atoms with Crippen LogP contribution in [0.1, 0.15) is 22.9 Å². The molecule has 94 valence electrons. The molecule has 0 aromatic carbocycles. The number of hydrogen-bond donors (Lipinski definition) is 1. The molecule has 1 aliphatic heterocycles. The lowest BCUT2D eigenvalue weighted by Crippen LogP contribution is -2.44. The van der Waals surface area contributed by atoms with Gasteiger partial charge in [0, 0.05) is 37.1 Å². The second kappa shape index (κ2) is 6.14. The molecule has 0 bridgehead atoms. The largest absolute Gasteiger partial charge is 0.314 e. The number of nitrogens with zero attached hydrogens (tertiary/aromatic N) is 1. The van der Waals surface area contributed by atoms with Crippen molar-refractivity contribution >= 4 is 27.3 Å². The van der Waals surface area contributed by atoms with E-state index in [1.165, 1.54) is 14.2 Å². The van der Waals surface area contributed by atoms with Crippen molar-refractivity contribution in [1.82, 2.24) is 10.2 Å². The van der Waals surface area contributed by atoms with Crippen LogP contribution in [0.25, 0.3) is 0 Å². The lowest BCUT2D eigenvalue weighted by molar-refractivity contribution is 0.177. The van der Waals surface area contributed by atoms with Crippen LogP contribution < -0.4 is 5.32 Å². The summed E-state index contributed by atoms with van der Waals surface area (Å²) in [5.41, 5.74) is 1.34. The molecule has 1 aliphatic rings. The highest BCUT2D eigenvalue weighted by molar-refractivity contribution is 9.11. The van der Waals surface area contributed by atoms with Crippen LogP contribution in [0.4, 0.5) is 0 Å². The van der Waals surface area contributed by atoms with Gasteiger partial charge in [-0.3, -0.25) is 4.90 Å². The smallest absolute Gasteiger partial charge is 0.0731 e. The average molecular weight is 315 g/mol. The predicted octanol–water partition coefficient (Wildman–Crippen LogP) is 3.34. The minimum atomic E-state index is 0.504. The minimum absolute atomic E-state index is 0.504. The summed E-state index contributed by atoms with van der Waals surface area (Å²) in [6.45, 7) is 10.5. The van der Waals surface area contributed by atoms with Crippen LogP contribution in [0, 0.1) is 6.92 Å². The van der Waals surface area contributed by atoms with Gasteiger partial charge < -0.3 is 5.32 Å². The number of halogens is 1. The summed E-state index contributed by atoms with van der Waals surface area (Å²) in [4.78, 5) is 4.02. The second-order valence-corrected chi connectivity index (χ2v) is 6.83. The summed E-state index contributed by atoms with van der Waals surface area (Å²) < 4.78 is 1.26. The highest BCUT2D eigenvalue weighted by Gasteiger charge is 2.22. The van der Waals surface area contributed by atoms with Crippen molar-refractivity contribution in [2.45, 2.75) is 19.4 Å². The summed E-state index contributed by atoms with van der Waals surface area (Å²) >= 11 is 5.48. The van der Waals surface area contributed by atoms with Crippen LogP contribution in [0.15, 0.2) is 22.5 Å². The average Bonchev–Trinajstić information content (AvgIpc) is 2.67. The number of hydrogen-bond acceptors (Lipinski definition) is 3. The molecule has 17 heavy (non-hydrogen) atoms. The third-order valence-electron chi connectivity index (χ3n) is 3.19. The summed E-state index contributed by atoms with van der Waals surface area (Å²) in [6, 6.07) is 2.81. The molecule has 0 amide bonds. The van der Waals surface area contributed by atoms with Gasteiger partial charge in [-0.25, -0.2) is 0 Å². The van der Waals surface area contributed by atoms with E-state index >= 15 is 0 Å². The third kappa shape index (κ3) is 3.19. The van der Waals surface area contributed by atoms with E-state index in [9.17, 15) is 0 Å². The van der Waals surface area contributed by atoms with E-state index in [1.54, 1.807) is 0 Å². The summed E-state index contributed by atoms with van der Waals surface area (Å²) in [5, 5.41) is 3.41. The first-order chi connectivity index (χ1) is 8.22. The monoisotopic (exact) mass is 314 g/mol. The SMILES string of the molecule is C=CC[C@H](c1cc(C)c(Br)s1)N1CCNCC1. The highest BCUT2D eigenvalue weighted by atomic mass is 79.9. The van der Waals surface area contributed by atoms with Crippen LogP contribution in [0.5, 0.6) is 0 Å². The van der Waals surface area contributed by atoms with Gasteiger partial charge in [-0.05, 0) is 40.9 Å². The summed E-state index contributed by atoms with van der Waals surface area (Å²) in [7, 11) is 0. The quantitative estimate of drug-likeness (QED) is 0.857. The van der Waals surface area contributed by atoms with Gasteiger partial charge >= 0.3 is 0 Å². The summed E-state index contributed by atoms with van der Waals surface area (Å²) in [5.74, 6) is 0. The highest BCUT2D eigenvalue weighted by Crippen LogP contribution is 2.35. The first kappa shape index (κ1) is 13.3. The molecule has 1 saturated heterocycles. The van der Waals surface area contributed by atoms with Gasteiger partial charge in [-0.1, -0.05) is 6.08 Å². The van der Waals surface area contributed by atoms with E-state index in [-0.39, 0.29) is 0 Å². The van der Waals surface area contributed by atoms with Crippen LogP contribution >= 0.6 is 27.3 Å². The Labute approximate surface area is 116 Å². The van der Waals surface area contributed by atoms with Gasteiger partial charge in [0.15, 0.2) is 0 Å². The topological polar surface area (TPSA) is 15.3 Å². The second-order valence-electron chi connectivity index (χ2n) is 4.43. The standard InChI is InChI=1S/C13H19BrN2S/c1-3-4-11(16-7-5-15-6-8-16)12-9-10(2)13(14)17-12/h3,9,11,15H,1,4-8H2,2H3/t11-/m1/s1. The molecule has 0 unspecified atom stereocenters. The van der Waals surface area contributed by atoms with Gasteiger partial charge in [0.2, 0.25) is 0 Å². The lowest BCUT2D eigenvalue weighted by atomic mass is 10.1. The van der Waals surface area contributed by atoms with Gasteiger partial charge in [0.25, 0.3) is 0 Å². The number of rotatable bonds is 4. The Hall–Kier alpha value is -0.160. The molecule has 2 nitrogen and oxygen atoms in total. The number of thiophene rings is 1. The maximum atomic E-state index is 3.90. The van der Waals surface area contributed by atoms with Crippen molar-refractivity contribution in [3.05, 3.63) is 32.9 Å². The van der Waals surface area contributed by atoms with E-state index in [4.69, 9.17) is 0 Å². The fraction of sp³-hybridized carbons (Fsp3) is 0.538. The molecular formula is C13H19BrN2S. The predicted molar refractivity (Wildman–Crippen MR) is 78.8 cm³/mol. The van der Waals surface area contributed by atoms with E-state index in [0.29, 0.717) is 6.04 Å². The Morgan fingerprint density at radius 1 is 1.59 bits per heavy atom. The van der Waals surface area contributed by atoms with Gasteiger partial charge in [-0.2, -0.15) is 0 Å². The summed E-state index contributed by atoms with van der Waals surface area (Å²) in [6.07, 6.45) is 3.07. The van der Waals surface area contributed by atoms with E-state index in [2.05, 4.69) is 45.7 Å². The molecule has 1 N–H and O–H groups in total. The van der Waals surface area contributed by atoms with Crippen molar-refractivity contribution in [3.8, 4) is 0 Å². The molecule has 1 aromatic rings. The first-order valence-corrected chi connectivity index (χ1v) is 7.65. The Morgan fingerprint density at radius 2 is 2.29 bits per heavy atom. The molecule has 4 heteroatoms. The Kier molecular flexibility index (Phi) is 4.79. The molecule has 0 spiro atoms. The zero-order valence-electron chi connectivity index (χ0n) is 10.2.